The normalized spacial score (nSPS) is 44.2. The Hall–Kier alpha value is -0.630. The molecule has 0 amide bonds. The number of carbonyl (C=O) groups is 1. The Labute approximate surface area is 104 Å². The molecule has 2 aliphatic carbocycles. The molecule has 0 radical (unpaired) electrons. The van der Waals surface area contributed by atoms with Gasteiger partial charge in [0.25, 0.3) is 0 Å². The molecule has 1 N–H and O–H groups in total. The Morgan fingerprint density at radius 1 is 1.47 bits per heavy atom. The second kappa shape index (κ2) is 3.94. The Morgan fingerprint density at radius 2 is 2.12 bits per heavy atom. The van der Waals surface area contributed by atoms with Crippen LogP contribution in [0.4, 0.5) is 0 Å². The SMILES string of the molecule is CC(C)=CCCC1(C)C2CCC1(C)C(=O)C2O. The van der Waals surface area contributed by atoms with Gasteiger partial charge in [0.1, 0.15) is 6.10 Å². The molecule has 0 aromatic carbocycles. The molecular weight excluding hydrogens is 212 g/mol. The van der Waals surface area contributed by atoms with E-state index in [9.17, 15) is 9.90 Å². The summed E-state index contributed by atoms with van der Waals surface area (Å²) in [6.45, 7) is 8.48. The summed E-state index contributed by atoms with van der Waals surface area (Å²) in [4.78, 5) is 12.1. The minimum atomic E-state index is -0.703. The van der Waals surface area contributed by atoms with Crippen molar-refractivity contribution in [2.45, 2.75) is 59.5 Å². The Morgan fingerprint density at radius 3 is 2.59 bits per heavy atom. The summed E-state index contributed by atoms with van der Waals surface area (Å²) in [5.41, 5.74) is 1.04. The molecule has 2 aliphatic rings. The molecule has 4 atom stereocenters. The van der Waals surface area contributed by atoms with E-state index in [-0.39, 0.29) is 22.5 Å². The number of rotatable bonds is 3. The lowest BCUT2D eigenvalue weighted by Crippen LogP contribution is -2.36. The van der Waals surface area contributed by atoms with Crippen LogP contribution in [0.3, 0.4) is 0 Å². The molecule has 0 aromatic heterocycles. The van der Waals surface area contributed by atoms with Crippen molar-refractivity contribution in [2.75, 3.05) is 0 Å². The van der Waals surface area contributed by atoms with Gasteiger partial charge in [0.2, 0.25) is 0 Å². The summed E-state index contributed by atoms with van der Waals surface area (Å²) >= 11 is 0. The van der Waals surface area contributed by atoms with Gasteiger partial charge in [-0.1, -0.05) is 25.5 Å². The van der Waals surface area contributed by atoms with Crippen LogP contribution in [0, 0.1) is 16.7 Å². The average Bonchev–Trinajstić information content (AvgIpc) is 2.56. The maximum Gasteiger partial charge on any atom is 0.167 e. The van der Waals surface area contributed by atoms with Crippen molar-refractivity contribution in [1.82, 2.24) is 0 Å². The topological polar surface area (TPSA) is 37.3 Å². The highest BCUT2D eigenvalue weighted by Gasteiger charge is 2.67. The van der Waals surface area contributed by atoms with E-state index >= 15 is 0 Å². The highest BCUT2D eigenvalue weighted by atomic mass is 16.3. The zero-order valence-corrected chi connectivity index (χ0v) is 11.4. The molecule has 2 fully saturated rings. The van der Waals surface area contributed by atoms with Gasteiger partial charge in [0.15, 0.2) is 5.78 Å². The van der Waals surface area contributed by atoms with E-state index < -0.39 is 6.10 Å². The van der Waals surface area contributed by atoms with Crippen LogP contribution in [0.2, 0.25) is 0 Å². The number of Topliss-reactive ketones (excluding diaryl/α,β-unsaturated/α-hetero) is 1. The number of aliphatic hydroxyl groups excluding tert-OH is 1. The zero-order chi connectivity index (χ0) is 12.8. The van der Waals surface area contributed by atoms with Gasteiger partial charge in [-0.3, -0.25) is 4.79 Å². The van der Waals surface area contributed by atoms with Gasteiger partial charge in [-0.15, -0.1) is 0 Å². The molecule has 0 spiro atoms. The zero-order valence-electron chi connectivity index (χ0n) is 11.4. The first kappa shape index (κ1) is 12.8. The van der Waals surface area contributed by atoms with Gasteiger partial charge in [0, 0.05) is 5.41 Å². The fourth-order valence-electron chi connectivity index (χ4n) is 4.00. The van der Waals surface area contributed by atoms with E-state index in [2.05, 4.69) is 33.8 Å². The summed E-state index contributed by atoms with van der Waals surface area (Å²) in [6, 6.07) is 0. The van der Waals surface area contributed by atoms with Crippen LogP contribution < -0.4 is 0 Å². The van der Waals surface area contributed by atoms with E-state index in [0.29, 0.717) is 0 Å². The quantitative estimate of drug-likeness (QED) is 0.764. The van der Waals surface area contributed by atoms with E-state index in [1.54, 1.807) is 0 Å². The number of hydrogen-bond donors (Lipinski definition) is 1. The van der Waals surface area contributed by atoms with Crippen LogP contribution in [0.5, 0.6) is 0 Å². The van der Waals surface area contributed by atoms with Crippen LogP contribution in [0.25, 0.3) is 0 Å². The van der Waals surface area contributed by atoms with Crippen LogP contribution in [0.15, 0.2) is 11.6 Å². The molecule has 96 valence electrons. The van der Waals surface area contributed by atoms with Crippen LogP contribution in [0.1, 0.15) is 53.4 Å². The Kier molecular flexibility index (Phi) is 2.97. The van der Waals surface area contributed by atoms with Gasteiger partial charge in [-0.2, -0.15) is 0 Å². The lowest BCUT2D eigenvalue weighted by Gasteiger charge is -2.36. The monoisotopic (exact) mass is 236 g/mol. The summed E-state index contributed by atoms with van der Waals surface area (Å²) in [7, 11) is 0. The summed E-state index contributed by atoms with van der Waals surface area (Å²) in [6.07, 6.45) is 5.54. The van der Waals surface area contributed by atoms with Crippen molar-refractivity contribution in [3.63, 3.8) is 0 Å². The molecule has 2 nitrogen and oxygen atoms in total. The molecular formula is C15H24O2. The number of fused-ring (bicyclic) bond motifs is 2. The van der Waals surface area contributed by atoms with Crippen molar-refractivity contribution in [2.24, 2.45) is 16.7 Å². The third kappa shape index (κ3) is 1.61. The van der Waals surface area contributed by atoms with E-state index in [0.717, 1.165) is 25.7 Å². The van der Waals surface area contributed by atoms with Crippen molar-refractivity contribution >= 4 is 5.78 Å². The van der Waals surface area contributed by atoms with Crippen molar-refractivity contribution in [3.05, 3.63) is 11.6 Å². The molecule has 2 bridgehead atoms. The molecule has 4 unspecified atom stereocenters. The molecule has 0 heterocycles. The molecule has 2 rings (SSSR count). The number of allylic oxidation sites excluding steroid dienone is 2. The average molecular weight is 236 g/mol. The largest absolute Gasteiger partial charge is 0.385 e. The van der Waals surface area contributed by atoms with Crippen LogP contribution in [-0.4, -0.2) is 17.0 Å². The highest BCUT2D eigenvalue weighted by Crippen LogP contribution is 2.65. The number of hydrogen-bond acceptors (Lipinski definition) is 2. The summed E-state index contributed by atoms with van der Waals surface area (Å²) < 4.78 is 0. The van der Waals surface area contributed by atoms with Crippen molar-refractivity contribution < 1.29 is 9.90 Å². The molecule has 2 heteroatoms. The molecule has 0 aliphatic heterocycles. The van der Waals surface area contributed by atoms with Gasteiger partial charge in [-0.25, -0.2) is 0 Å². The Bertz CT molecular complexity index is 367. The second-order valence-electron chi connectivity index (χ2n) is 6.52. The molecule has 2 saturated carbocycles. The highest BCUT2D eigenvalue weighted by molar-refractivity contribution is 5.93. The number of aliphatic hydroxyl groups is 1. The van der Waals surface area contributed by atoms with Crippen LogP contribution in [-0.2, 0) is 4.79 Å². The first-order valence-electron chi connectivity index (χ1n) is 6.69. The molecule has 0 saturated heterocycles. The van der Waals surface area contributed by atoms with Crippen molar-refractivity contribution in [3.8, 4) is 0 Å². The maximum atomic E-state index is 12.1. The smallest absolute Gasteiger partial charge is 0.167 e. The lowest BCUT2D eigenvalue weighted by atomic mass is 9.66. The number of ketones is 1. The first-order chi connectivity index (χ1) is 7.83. The van der Waals surface area contributed by atoms with Crippen LogP contribution >= 0.6 is 0 Å². The van der Waals surface area contributed by atoms with Gasteiger partial charge >= 0.3 is 0 Å². The molecule has 17 heavy (non-hydrogen) atoms. The predicted octanol–water partition coefficient (Wildman–Crippen LogP) is 3.10. The van der Waals surface area contributed by atoms with Gasteiger partial charge in [-0.05, 0) is 50.9 Å². The standard InChI is InChI=1S/C15H24O2/c1-10(2)6-5-8-14(3)11-7-9-15(14,4)13(17)12(11)16/h6,11-12,16H,5,7-9H2,1-4H3. The third-order valence-corrected chi connectivity index (χ3v) is 5.44. The first-order valence-corrected chi connectivity index (χ1v) is 6.69. The summed E-state index contributed by atoms with van der Waals surface area (Å²) in [5.74, 6) is 0.277. The van der Waals surface area contributed by atoms with Gasteiger partial charge in [0.05, 0.1) is 0 Å². The van der Waals surface area contributed by atoms with E-state index in [4.69, 9.17) is 0 Å². The number of carbonyl (C=O) groups excluding carboxylic acids is 1. The minimum absolute atomic E-state index is 0.00451. The summed E-state index contributed by atoms with van der Waals surface area (Å²) in [5, 5.41) is 10.0. The molecule has 0 aromatic rings. The van der Waals surface area contributed by atoms with Gasteiger partial charge < -0.3 is 5.11 Å². The second-order valence-corrected chi connectivity index (χ2v) is 6.52. The lowest BCUT2D eigenvalue weighted by molar-refractivity contribution is -0.135. The third-order valence-electron chi connectivity index (χ3n) is 5.44. The Balaban J connectivity index is 2.20. The minimum Gasteiger partial charge on any atom is -0.385 e. The van der Waals surface area contributed by atoms with Crippen molar-refractivity contribution in [1.29, 1.82) is 0 Å². The predicted molar refractivity (Wildman–Crippen MR) is 68.6 cm³/mol. The maximum absolute atomic E-state index is 12.1. The fourth-order valence-corrected chi connectivity index (χ4v) is 4.00. The van der Waals surface area contributed by atoms with E-state index in [1.165, 1.54) is 5.57 Å². The fraction of sp³-hybridized carbons (Fsp3) is 0.800. The van der Waals surface area contributed by atoms with E-state index in [1.807, 2.05) is 0 Å².